The molecule has 1 aliphatic heterocycles. The van der Waals surface area contributed by atoms with E-state index in [1.165, 1.54) is 13.0 Å². The molecule has 0 aliphatic carbocycles. The molecule has 0 unspecified atom stereocenters. The number of nitrogens with zero attached hydrogens (tertiary/aromatic N) is 1. The number of hydrogen-bond donors (Lipinski definition) is 1. The summed E-state index contributed by atoms with van der Waals surface area (Å²) in [5, 5.41) is 3.51. The highest BCUT2D eigenvalue weighted by Gasteiger charge is 2.10. The van der Waals surface area contributed by atoms with Crippen LogP contribution < -0.4 is 5.32 Å². The molecular formula is C12H26N2O. The Labute approximate surface area is 94.2 Å². The van der Waals surface area contributed by atoms with Crippen molar-refractivity contribution in [2.75, 3.05) is 45.9 Å². The van der Waals surface area contributed by atoms with Gasteiger partial charge in [-0.1, -0.05) is 20.8 Å². The minimum Gasteiger partial charge on any atom is -0.379 e. The Kier molecular flexibility index (Phi) is 5.58. The first kappa shape index (κ1) is 12.9. The predicted octanol–water partition coefficient (Wildman–Crippen LogP) is 1.34. The quantitative estimate of drug-likeness (QED) is 0.699. The minimum absolute atomic E-state index is 0.402. The molecule has 1 rings (SSSR count). The van der Waals surface area contributed by atoms with Gasteiger partial charge in [-0.25, -0.2) is 0 Å². The number of rotatable bonds is 5. The highest BCUT2D eigenvalue weighted by molar-refractivity contribution is 4.66. The molecule has 1 saturated heterocycles. The van der Waals surface area contributed by atoms with Gasteiger partial charge in [-0.05, 0) is 31.5 Å². The molecule has 0 aromatic carbocycles. The summed E-state index contributed by atoms with van der Waals surface area (Å²) in [6.45, 7) is 14.3. The molecule has 0 spiro atoms. The molecule has 1 aliphatic rings. The molecule has 1 heterocycles. The fourth-order valence-electron chi connectivity index (χ4n) is 1.72. The zero-order chi connectivity index (χ0) is 11.1. The third kappa shape index (κ3) is 6.88. The second-order valence-corrected chi connectivity index (χ2v) is 5.55. The molecule has 3 heteroatoms. The third-order valence-corrected chi connectivity index (χ3v) is 2.59. The van der Waals surface area contributed by atoms with E-state index in [4.69, 9.17) is 4.74 Å². The van der Waals surface area contributed by atoms with Gasteiger partial charge in [-0.15, -0.1) is 0 Å². The molecule has 0 amide bonds. The largest absolute Gasteiger partial charge is 0.379 e. The first-order valence-corrected chi connectivity index (χ1v) is 6.09. The lowest BCUT2D eigenvalue weighted by atomic mass is 9.97. The molecule has 1 N–H and O–H groups in total. The van der Waals surface area contributed by atoms with E-state index in [9.17, 15) is 0 Å². The fourth-order valence-corrected chi connectivity index (χ4v) is 1.72. The highest BCUT2D eigenvalue weighted by atomic mass is 16.5. The zero-order valence-electron chi connectivity index (χ0n) is 10.5. The van der Waals surface area contributed by atoms with Gasteiger partial charge < -0.3 is 10.1 Å². The van der Waals surface area contributed by atoms with Crippen LogP contribution in [0.3, 0.4) is 0 Å². The van der Waals surface area contributed by atoms with Gasteiger partial charge >= 0.3 is 0 Å². The van der Waals surface area contributed by atoms with Crippen LogP contribution in [0.15, 0.2) is 0 Å². The molecule has 15 heavy (non-hydrogen) atoms. The van der Waals surface area contributed by atoms with Gasteiger partial charge in [0.15, 0.2) is 0 Å². The maximum absolute atomic E-state index is 5.31. The third-order valence-electron chi connectivity index (χ3n) is 2.59. The predicted molar refractivity (Wildman–Crippen MR) is 64.2 cm³/mol. The summed E-state index contributed by atoms with van der Waals surface area (Å²) in [4.78, 5) is 2.49. The molecule has 0 atom stereocenters. The Morgan fingerprint density at radius 3 is 2.47 bits per heavy atom. The van der Waals surface area contributed by atoms with Gasteiger partial charge in [0.05, 0.1) is 13.2 Å². The van der Waals surface area contributed by atoms with Crippen molar-refractivity contribution >= 4 is 0 Å². The SMILES string of the molecule is CC(C)(C)CNCCCN1CCOCC1. The van der Waals surface area contributed by atoms with Crippen LogP contribution in [0, 0.1) is 5.41 Å². The molecule has 3 nitrogen and oxygen atoms in total. The van der Waals surface area contributed by atoms with E-state index in [1.54, 1.807) is 0 Å². The second kappa shape index (κ2) is 6.46. The summed E-state index contributed by atoms with van der Waals surface area (Å²) in [5.41, 5.74) is 0.402. The minimum atomic E-state index is 0.402. The van der Waals surface area contributed by atoms with E-state index in [-0.39, 0.29) is 0 Å². The summed E-state index contributed by atoms with van der Waals surface area (Å²) in [7, 11) is 0. The smallest absolute Gasteiger partial charge is 0.0594 e. The molecule has 0 bridgehead atoms. The molecule has 90 valence electrons. The maximum Gasteiger partial charge on any atom is 0.0594 e. The summed E-state index contributed by atoms with van der Waals surface area (Å²) in [6.07, 6.45) is 1.25. The van der Waals surface area contributed by atoms with Crippen molar-refractivity contribution in [3.05, 3.63) is 0 Å². The average molecular weight is 214 g/mol. The van der Waals surface area contributed by atoms with E-state index in [1.807, 2.05) is 0 Å². The van der Waals surface area contributed by atoms with Crippen molar-refractivity contribution in [2.45, 2.75) is 27.2 Å². The zero-order valence-corrected chi connectivity index (χ0v) is 10.5. The monoisotopic (exact) mass is 214 g/mol. The Bertz CT molecular complexity index is 159. The first-order chi connectivity index (χ1) is 7.08. The van der Waals surface area contributed by atoms with Crippen LogP contribution in [0.4, 0.5) is 0 Å². The molecular weight excluding hydrogens is 188 g/mol. The van der Waals surface area contributed by atoms with Crippen LogP contribution in [0.2, 0.25) is 0 Å². The van der Waals surface area contributed by atoms with E-state index >= 15 is 0 Å². The molecule has 0 radical (unpaired) electrons. The summed E-state index contributed by atoms with van der Waals surface area (Å²) < 4.78 is 5.31. The normalized spacial score (nSPS) is 19.4. The lowest BCUT2D eigenvalue weighted by molar-refractivity contribution is 0.0374. The Morgan fingerprint density at radius 1 is 1.20 bits per heavy atom. The van der Waals surface area contributed by atoms with Gasteiger partial charge in [0.25, 0.3) is 0 Å². The van der Waals surface area contributed by atoms with Gasteiger partial charge in [0.1, 0.15) is 0 Å². The van der Waals surface area contributed by atoms with Crippen molar-refractivity contribution in [1.29, 1.82) is 0 Å². The van der Waals surface area contributed by atoms with E-state index in [2.05, 4.69) is 31.0 Å². The van der Waals surface area contributed by atoms with Crippen LogP contribution in [-0.4, -0.2) is 50.8 Å². The van der Waals surface area contributed by atoms with Crippen LogP contribution in [-0.2, 0) is 4.74 Å². The lowest BCUT2D eigenvalue weighted by Crippen LogP contribution is -2.38. The topological polar surface area (TPSA) is 24.5 Å². The summed E-state index contributed by atoms with van der Waals surface area (Å²) >= 11 is 0. The van der Waals surface area contributed by atoms with Crippen molar-refractivity contribution < 1.29 is 4.74 Å². The Hall–Kier alpha value is -0.120. The van der Waals surface area contributed by atoms with Crippen molar-refractivity contribution in [1.82, 2.24) is 10.2 Å². The molecule has 0 aromatic heterocycles. The van der Waals surface area contributed by atoms with E-state index in [0.717, 1.165) is 39.4 Å². The molecule has 0 aromatic rings. The van der Waals surface area contributed by atoms with Crippen molar-refractivity contribution in [3.8, 4) is 0 Å². The average Bonchev–Trinajstić information content (AvgIpc) is 2.17. The number of ether oxygens (including phenoxy) is 1. The van der Waals surface area contributed by atoms with E-state index in [0.29, 0.717) is 5.41 Å². The molecule has 0 saturated carbocycles. The standard InChI is InChI=1S/C12H26N2O/c1-12(2,3)11-13-5-4-6-14-7-9-15-10-8-14/h13H,4-11H2,1-3H3. The molecule has 1 fully saturated rings. The van der Waals surface area contributed by atoms with Gasteiger partial charge in [0.2, 0.25) is 0 Å². The summed E-state index contributed by atoms with van der Waals surface area (Å²) in [6, 6.07) is 0. The lowest BCUT2D eigenvalue weighted by Gasteiger charge is -2.26. The number of hydrogen-bond acceptors (Lipinski definition) is 3. The first-order valence-electron chi connectivity index (χ1n) is 6.09. The van der Waals surface area contributed by atoms with Crippen LogP contribution >= 0.6 is 0 Å². The van der Waals surface area contributed by atoms with Crippen molar-refractivity contribution in [3.63, 3.8) is 0 Å². The van der Waals surface area contributed by atoms with Crippen LogP contribution in [0.5, 0.6) is 0 Å². The number of morpholine rings is 1. The van der Waals surface area contributed by atoms with Crippen LogP contribution in [0.25, 0.3) is 0 Å². The van der Waals surface area contributed by atoms with Gasteiger partial charge in [-0.3, -0.25) is 4.90 Å². The van der Waals surface area contributed by atoms with Gasteiger partial charge in [-0.2, -0.15) is 0 Å². The van der Waals surface area contributed by atoms with Crippen LogP contribution in [0.1, 0.15) is 27.2 Å². The van der Waals surface area contributed by atoms with Gasteiger partial charge in [0, 0.05) is 13.1 Å². The van der Waals surface area contributed by atoms with E-state index < -0.39 is 0 Å². The highest BCUT2D eigenvalue weighted by Crippen LogP contribution is 2.09. The maximum atomic E-state index is 5.31. The summed E-state index contributed by atoms with van der Waals surface area (Å²) in [5.74, 6) is 0. The Morgan fingerprint density at radius 2 is 1.87 bits per heavy atom. The second-order valence-electron chi connectivity index (χ2n) is 5.55. The fraction of sp³-hybridized carbons (Fsp3) is 1.00. The number of nitrogens with one attached hydrogen (secondary N) is 1. The Balaban J connectivity index is 1.92. The van der Waals surface area contributed by atoms with Crippen molar-refractivity contribution in [2.24, 2.45) is 5.41 Å².